The summed E-state index contributed by atoms with van der Waals surface area (Å²) in [6, 6.07) is 5.09. The number of ketones is 1. The normalized spacial score (nSPS) is 17.5. The lowest BCUT2D eigenvalue weighted by Crippen LogP contribution is -2.32. The van der Waals surface area contributed by atoms with E-state index in [4.69, 9.17) is 17.3 Å². The number of Topliss-reactive ketones (excluding diaryl/α,β-unsaturated/α-hetero) is 1. The number of carbonyl (C=O) groups is 1. The van der Waals surface area contributed by atoms with Crippen LogP contribution in [0.25, 0.3) is 0 Å². The molecule has 0 aromatic heterocycles. The number of halogens is 1. The molecular formula is C12H14ClNO. The Morgan fingerprint density at radius 2 is 2.20 bits per heavy atom. The van der Waals surface area contributed by atoms with Crippen molar-refractivity contribution in [3.8, 4) is 0 Å². The minimum Gasteiger partial charge on any atom is -0.321 e. The van der Waals surface area contributed by atoms with Gasteiger partial charge in [-0.1, -0.05) is 23.2 Å². The molecule has 2 rings (SSSR count). The van der Waals surface area contributed by atoms with Gasteiger partial charge in [0.05, 0.1) is 11.1 Å². The third kappa shape index (κ3) is 2.21. The van der Waals surface area contributed by atoms with Gasteiger partial charge in [0.2, 0.25) is 0 Å². The maximum Gasteiger partial charge on any atom is 0.181 e. The molecule has 2 nitrogen and oxygen atoms in total. The highest BCUT2D eigenvalue weighted by atomic mass is 35.5. The molecule has 0 spiro atoms. The van der Waals surface area contributed by atoms with Crippen LogP contribution in [0.1, 0.15) is 28.8 Å². The van der Waals surface area contributed by atoms with Gasteiger partial charge in [0, 0.05) is 5.56 Å². The smallest absolute Gasteiger partial charge is 0.181 e. The monoisotopic (exact) mass is 223 g/mol. The molecule has 0 bridgehead atoms. The molecule has 0 amide bonds. The highest BCUT2D eigenvalue weighted by Gasteiger charge is 2.34. The van der Waals surface area contributed by atoms with Gasteiger partial charge < -0.3 is 5.73 Å². The van der Waals surface area contributed by atoms with Gasteiger partial charge in [-0.15, -0.1) is 0 Å². The number of rotatable bonds is 3. The molecule has 2 N–H and O–H groups in total. The first-order valence-electron chi connectivity index (χ1n) is 5.15. The van der Waals surface area contributed by atoms with Gasteiger partial charge in [0.25, 0.3) is 0 Å². The average Bonchev–Trinajstić information content (AvgIpc) is 3.03. The van der Waals surface area contributed by atoms with E-state index in [0.717, 1.165) is 18.4 Å². The van der Waals surface area contributed by atoms with Gasteiger partial charge in [0.15, 0.2) is 5.78 Å². The SMILES string of the molecule is Cc1ccc(Cl)c(C(=O)C(N)C2CC2)c1. The Morgan fingerprint density at radius 3 is 2.80 bits per heavy atom. The van der Waals surface area contributed by atoms with Gasteiger partial charge in [-0.25, -0.2) is 0 Å². The Labute approximate surface area is 94.4 Å². The summed E-state index contributed by atoms with van der Waals surface area (Å²) in [6.45, 7) is 1.94. The van der Waals surface area contributed by atoms with E-state index in [1.165, 1.54) is 0 Å². The van der Waals surface area contributed by atoms with Gasteiger partial charge in [0.1, 0.15) is 0 Å². The van der Waals surface area contributed by atoms with Crippen LogP contribution < -0.4 is 5.73 Å². The Morgan fingerprint density at radius 1 is 1.53 bits per heavy atom. The average molecular weight is 224 g/mol. The summed E-state index contributed by atoms with van der Waals surface area (Å²) < 4.78 is 0. The molecule has 1 aliphatic carbocycles. The maximum atomic E-state index is 12.0. The predicted molar refractivity (Wildman–Crippen MR) is 61.2 cm³/mol. The summed E-state index contributed by atoms with van der Waals surface area (Å²) in [5.41, 5.74) is 7.46. The minimum atomic E-state index is -0.371. The number of benzene rings is 1. The van der Waals surface area contributed by atoms with E-state index < -0.39 is 0 Å². The van der Waals surface area contributed by atoms with E-state index in [-0.39, 0.29) is 11.8 Å². The zero-order valence-electron chi connectivity index (χ0n) is 8.66. The van der Waals surface area contributed by atoms with Crippen molar-refractivity contribution in [1.29, 1.82) is 0 Å². The zero-order valence-corrected chi connectivity index (χ0v) is 9.42. The van der Waals surface area contributed by atoms with Crippen LogP contribution in [-0.2, 0) is 0 Å². The zero-order chi connectivity index (χ0) is 11.0. The molecule has 80 valence electrons. The van der Waals surface area contributed by atoms with Crippen molar-refractivity contribution in [3.63, 3.8) is 0 Å². The Kier molecular flexibility index (Phi) is 2.81. The molecule has 0 radical (unpaired) electrons. The summed E-state index contributed by atoms with van der Waals surface area (Å²) in [5.74, 6) is 0.347. The number of aryl methyl sites for hydroxylation is 1. The molecule has 1 fully saturated rings. The summed E-state index contributed by atoms with van der Waals surface area (Å²) in [4.78, 5) is 12.0. The van der Waals surface area contributed by atoms with Crippen LogP contribution in [-0.4, -0.2) is 11.8 Å². The van der Waals surface area contributed by atoms with Crippen molar-refractivity contribution in [2.45, 2.75) is 25.8 Å². The van der Waals surface area contributed by atoms with Crippen LogP contribution in [0.4, 0.5) is 0 Å². The molecule has 1 atom stereocenters. The highest BCUT2D eigenvalue weighted by molar-refractivity contribution is 6.34. The molecule has 1 aliphatic rings. The van der Waals surface area contributed by atoms with Crippen molar-refractivity contribution < 1.29 is 4.79 Å². The molecule has 1 saturated carbocycles. The molecule has 0 aliphatic heterocycles. The first-order valence-corrected chi connectivity index (χ1v) is 5.53. The standard InChI is InChI=1S/C12H14ClNO/c1-7-2-5-10(13)9(6-7)12(15)11(14)8-3-4-8/h2,5-6,8,11H,3-4,14H2,1H3. The second-order valence-electron chi connectivity index (χ2n) is 4.21. The highest BCUT2D eigenvalue weighted by Crippen LogP contribution is 2.33. The molecule has 1 aromatic carbocycles. The summed E-state index contributed by atoms with van der Waals surface area (Å²) in [5, 5.41) is 0.502. The molecular weight excluding hydrogens is 210 g/mol. The molecule has 15 heavy (non-hydrogen) atoms. The van der Waals surface area contributed by atoms with Gasteiger partial charge in [-0.3, -0.25) is 4.79 Å². The second kappa shape index (κ2) is 3.95. The van der Waals surface area contributed by atoms with Crippen molar-refractivity contribution >= 4 is 17.4 Å². The van der Waals surface area contributed by atoms with E-state index in [2.05, 4.69) is 0 Å². The quantitative estimate of drug-likeness (QED) is 0.801. The fourth-order valence-corrected chi connectivity index (χ4v) is 1.89. The fraction of sp³-hybridized carbons (Fsp3) is 0.417. The number of hydrogen-bond donors (Lipinski definition) is 1. The van der Waals surface area contributed by atoms with E-state index in [1.807, 2.05) is 19.1 Å². The number of hydrogen-bond acceptors (Lipinski definition) is 2. The Bertz CT molecular complexity index is 399. The predicted octanol–water partition coefficient (Wildman–Crippen LogP) is 2.57. The van der Waals surface area contributed by atoms with E-state index in [0.29, 0.717) is 16.5 Å². The second-order valence-corrected chi connectivity index (χ2v) is 4.62. The first-order chi connectivity index (χ1) is 7.09. The van der Waals surface area contributed by atoms with E-state index in [9.17, 15) is 4.79 Å². The minimum absolute atomic E-state index is 0.0220. The van der Waals surface area contributed by atoms with Crippen LogP contribution in [0.2, 0.25) is 5.02 Å². The van der Waals surface area contributed by atoms with Crippen molar-refractivity contribution in [3.05, 3.63) is 34.3 Å². The van der Waals surface area contributed by atoms with Crippen molar-refractivity contribution in [2.24, 2.45) is 11.7 Å². The largest absolute Gasteiger partial charge is 0.321 e. The molecule has 0 saturated heterocycles. The maximum absolute atomic E-state index is 12.0. The van der Waals surface area contributed by atoms with Crippen molar-refractivity contribution in [1.82, 2.24) is 0 Å². The third-order valence-electron chi connectivity index (χ3n) is 2.82. The number of nitrogens with two attached hydrogens (primary N) is 1. The van der Waals surface area contributed by atoms with E-state index >= 15 is 0 Å². The van der Waals surface area contributed by atoms with Crippen LogP contribution in [0.3, 0.4) is 0 Å². The topological polar surface area (TPSA) is 43.1 Å². The molecule has 1 unspecified atom stereocenters. The van der Waals surface area contributed by atoms with Crippen LogP contribution >= 0.6 is 11.6 Å². The fourth-order valence-electron chi connectivity index (χ4n) is 1.68. The lowest BCUT2D eigenvalue weighted by atomic mass is 10.00. The Hall–Kier alpha value is -0.860. The lowest BCUT2D eigenvalue weighted by Gasteiger charge is -2.10. The summed E-state index contributed by atoms with van der Waals surface area (Å²) in [6.07, 6.45) is 2.13. The molecule has 3 heteroatoms. The van der Waals surface area contributed by atoms with Gasteiger partial charge >= 0.3 is 0 Å². The van der Waals surface area contributed by atoms with Crippen molar-refractivity contribution in [2.75, 3.05) is 0 Å². The van der Waals surface area contributed by atoms with Crippen LogP contribution in [0.15, 0.2) is 18.2 Å². The number of carbonyl (C=O) groups excluding carboxylic acids is 1. The summed E-state index contributed by atoms with van der Waals surface area (Å²) >= 11 is 5.98. The molecule has 0 heterocycles. The lowest BCUT2D eigenvalue weighted by molar-refractivity contribution is 0.0952. The first kappa shape index (κ1) is 10.7. The Balaban J connectivity index is 2.27. The van der Waals surface area contributed by atoms with E-state index in [1.54, 1.807) is 6.07 Å². The van der Waals surface area contributed by atoms with Crippen LogP contribution in [0, 0.1) is 12.8 Å². The molecule has 1 aromatic rings. The third-order valence-corrected chi connectivity index (χ3v) is 3.15. The van der Waals surface area contributed by atoms with Crippen LogP contribution in [0.5, 0.6) is 0 Å². The van der Waals surface area contributed by atoms with Gasteiger partial charge in [-0.2, -0.15) is 0 Å². The van der Waals surface area contributed by atoms with Gasteiger partial charge in [-0.05, 0) is 37.8 Å². The summed E-state index contributed by atoms with van der Waals surface area (Å²) in [7, 11) is 0.